The zero-order valence-electron chi connectivity index (χ0n) is 21.5. The second-order valence-corrected chi connectivity index (χ2v) is 10.2. The van der Waals surface area contributed by atoms with E-state index in [1.165, 1.54) is 24.3 Å². The number of amides is 1. The van der Waals surface area contributed by atoms with Gasteiger partial charge in [-0.25, -0.2) is 9.59 Å². The van der Waals surface area contributed by atoms with Crippen molar-refractivity contribution in [3.63, 3.8) is 0 Å². The zero-order chi connectivity index (χ0) is 27.3. The Hall–Kier alpha value is -4.46. The van der Waals surface area contributed by atoms with Gasteiger partial charge in [0.2, 0.25) is 0 Å². The molecule has 1 fully saturated rings. The number of nitro benzene ring substituents is 1. The van der Waals surface area contributed by atoms with Crippen molar-refractivity contribution >= 4 is 23.3 Å². The van der Waals surface area contributed by atoms with Crippen LogP contribution >= 0.6 is 0 Å². The van der Waals surface area contributed by atoms with E-state index in [-0.39, 0.29) is 18.2 Å². The Kier molecular flexibility index (Phi) is 7.62. The Balaban J connectivity index is 1.60. The molecule has 0 radical (unpaired) electrons. The quantitative estimate of drug-likeness (QED) is 0.223. The number of benzene rings is 3. The van der Waals surface area contributed by atoms with Crippen LogP contribution in [0.5, 0.6) is 0 Å². The van der Waals surface area contributed by atoms with Crippen molar-refractivity contribution in [3.05, 3.63) is 118 Å². The van der Waals surface area contributed by atoms with Crippen LogP contribution < -0.4 is 5.32 Å². The van der Waals surface area contributed by atoms with Gasteiger partial charge < -0.3 is 14.8 Å². The lowest BCUT2D eigenvalue weighted by Crippen LogP contribution is -2.47. The number of hydrogen-bond acceptors (Lipinski definition) is 6. The second kappa shape index (κ2) is 10.9. The van der Waals surface area contributed by atoms with Crippen molar-refractivity contribution in [3.8, 4) is 0 Å². The fraction of sp³-hybridized carbons (Fsp3) is 0.267. The molecule has 0 spiro atoms. The minimum Gasteiger partial charge on any atom is -0.459 e. The molecule has 1 saturated carbocycles. The first-order valence-electron chi connectivity index (χ1n) is 12.3. The van der Waals surface area contributed by atoms with E-state index in [9.17, 15) is 19.7 Å². The van der Waals surface area contributed by atoms with Crippen LogP contribution in [0.3, 0.4) is 0 Å². The maximum Gasteiger partial charge on any atom is 0.408 e. The van der Waals surface area contributed by atoms with E-state index in [2.05, 4.69) is 5.32 Å². The van der Waals surface area contributed by atoms with Crippen molar-refractivity contribution in [1.29, 1.82) is 0 Å². The summed E-state index contributed by atoms with van der Waals surface area (Å²) in [6.45, 7) is 5.16. The molecule has 1 N–H and O–H groups in total. The van der Waals surface area contributed by atoms with E-state index in [0.29, 0.717) is 12.0 Å². The van der Waals surface area contributed by atoms with Crippen molar-refractivity contribution in [2.75, 3.05) is 0 Å². The Bertz CT molecular complexity index is 1290. The molecule has 38 heavy (non-hydrogen) atoms. The van der Waals surface area contributed by atoms with Gasteiger partial charge in [0, 0.05) is 18.1 Å². The highest BCUT2D eigenvalue weighted by Crippen LogP contribution is 2.48. The van der Waals surface area contributed by atoms with Gasteiger partial charge in [0.25, 0.3) is 5.69 Å². The molecule has 3 aromatic carbocycles. The van der Waals surface area contributed by atoms with Crippen LogP contribution in [-0.2, 0) is 20.9 Å². The average molecular weight is 515 g/mol. The molecule has 0 unspecified atom stereocenters. The van der Waals surface area contributed by atoms with Crippen LogP contribution in [0, 0.1) is 16.0 Å². The first-order chi connectivity index (χ1) is 18.1. The number of rotatable bonds is 8. The minimum absolute atomic E-state index is 0.0510. The van der Waals surface area contributed by atoms with Crippen LogP contribution in [0.15, 0.2) is 91.0 Å². The summed E-state index contributed by atoms with van der Waals surface area (Å²) in [6.07, 6.45) is 1.63. The fourth-order valence-corrected chi connectivity index (χ4v) is 4.19. The van der Waals surface area contributed by atoms with Crippen LogP contribution in [-0.4, -0.2) is 28.1 Å². The first kappa shape index (κ1) is 26.6. The predicted octanol–water partition coefficient (Wildman–Crippen LogP) is 6.05. The van der Waals surface area contributed by atoms with Crippen LogP contribution in [0.2, 0.25) is 0 Å². The number of nitro groups is 1. The van der Waals surface area contributed by atoms with Gasteiger partial charge in [-0.1, -0.05) is 66.7 Å². The molecule has 8 heteroatoms. The van der Waals surface area contributed by atoms with E-state index in [1.54, 1.807) is 20.8 Å². The van der Waals surface area contributed by atoms with Gasteiger partial charge in [0.1, 0.15) is 17.7 Å². The number of carbonyl (C=O) groups is 2. The summed E-state index contributed by atoms with van der Waals surface area (Å²) >= 11 is 0. The lowest BCUT2D eigenvalue weighted by atomic mass is 9.96. The number of nitrogens with zero attached hydrogens (tertiary/aromatic N) is 1. The van der Waals surface area contributed by atoms with Gasteiger partial charge in [0.05, 0.1) is 4.92 Å². The number of carbonyl (C=O) groups excluding carboxylic acids is 2. The summed E-state index contributed by atoms with van der Waals surface area (Å²) in [5, 5.41) is 13.7. The smallest absolute Gasteiger partial charge is 0.408 e. The summed E-state index contributed by atoms with van der Waals surface area (Å²) in [7, 11) is 0. The van der Waals surface area contributed by atoms with E-state index in [4.69, 9.17) is 9.47 Å². The molecule has 0 heterocycles. The van der Waals surface area contributed by atoms with Gasteiger partial charge in [-0.05, 0) is 61.6 Å². The molecular formula is C30H30N2O6. The summed E-state index contributed by atoms with van der Waals surface area (Å²) in [4.78, 5) is 36.6. The number of non-ortho nitro benzene ring substituents is 1. The van der Waals surface area contributed by atoms with Crippen LogP contribution in [0.1, 0.15) is 43.9 Å². The minimum atomic E-state index is -1.29. The van der Waals surface area contributed by atoms with Gasteiger partial charge in [0.15, 0.2) is 0 Å². The highest BCUT2D eigenvalue weighted by atomic mass is 16.6. The van der Waals surface area contributed by atoms with Crippen LogP contribution in [0.4, 0.5) is 10.5 Å². The molecule has 1 amide bonds. The highest BCUT2D eigenvalue weighted by Gasteiger charge is 2.62. The topological polar surface area (TPSA) is 108 Å². The van der Waals surface area contributed by atoms with Crippen molar-refractivity contribution in [2.24, 2.45) is 5.92 Å². The van der Waals surface area contributed by atoms with Gasteiger partial charge in [-0.2, -0.15) is 0 Å². The highest BCUT2D eigenvalue weighted by molar-refractivity contribution is 5.91. The first-order valence-corrected chi connectivity index (χ1v) is 12.3. The molecule has 0 bridgehead atoms. The summed E-state index contributed by atoms with van der Waals surface area (Å²) in [5.41, 5.74) is 1.41. The number of hydrogen-bond donors (Lipinski definition) is 1. The summed E-state index contributed by atoms with van der Waals surface area (Å²) < 4.78 is 11.0. The molecule has 4 rings (SSSR count). The normalized spacial score (nSPS) is 18.1. The Morgan fingerprint density at radius 1 is 0.974 bits per heavy atom. The Morgan fingerprint density at radius 2 is 1.53 bits per heavy atom. The predicted molar refractivity (Wildman–Crippen MR) is 143 cm³/mol. The van der Waals surface area contributed by atoms with E-state index in [1.807, 2.05) is 66.7 Å². The lowest BCUT2D eigenvalue weighted by Gasteiger charge is -2.23. The largest absolute Gasteiger partial charge is 0.459 e. The molecule has 3 aromatic rings. The molecule has 0 saturated heterocycles. The van der Waals surface area contributed by atoms with Gasteiger partial charge in [-0.15, -0.1) is 0 Å². The molecule has 8 nitrogen and oxygen atoms in total. The molecule has 0 aliphatic heterocycles. The number of nitrogens with one attached hydrogen (secondary N) is 1. The third-order valence-corrected chi connectivity index (χ3v) is 6.16. The molecule has 1 aliphatic carbocycles. The third-order valence-electron chi connectivity index (χ3n) is 6.16. The monoisotopic (exact) mass is 514 g/mol. The van der Waals surface area contributed by atoms with E-state index in [0.717, 1.165) is 16.7 Å². The van der Waals surface area contributed by atoms with Gasteiger partial charge in [-0.3, -0.25) is 10.1 Å². The molecule has 2 atom stereocenters. The van der Waals surface area contributed by atoms with Crippen LogP contribution in [0.25, 0.3) is 5.57 Å². The standard InChI is InChI=1S/C30H30N2O6/c1-29(2,3)38-28(34)31-30(27(33)37-20-21-14-16-25(17-15-21)32(35)36)19-24(30)18-26(22-10-6-4-7-11-22)23-12-8-5-9-13-23/h4-18,24H,19-20H2,1-3H3,(H,31,34)/t24-,30+/m0/s1. The number of ether oxygens (including phenoxy) is 2. The fourth-order valence-electron chi connectivity index (χ4n) is 4.19. The van der Waals surface area contributed by atoms with Gasteiger partial charge >= 0.3 is 12.1 Å². The van der Waals surface area contributed by atoms with E-state index < -0.39 is 28.1 Å². The molecule has 196 valence electrons. The molecule has 1 aliphatic rings. The van der Waals surface area contributed by atoms with Crippen molar-refractivity contribution in [1.82, 2.24) is 5.32 Å². The SMILES string of the molecule is CC(C)(C)OC(=O)N[C@]1(C(=O)OCc2ccc([N+](=O)[O-])cc2)C[C@@H]1C=C(c1ccccc1)c1ccccc1. The molecule has 0 aromatic heterocycles. The zero-order valence-corrected chi connectivity index (χ0v) is 21.5. The lowest BCUT2D eigenvalue weighted by molar-refractivity contribution is -0.384. The number of esters is 1. The van der Waals surface area contributed by atoms with Crippen molar-refractivity contribution in [2.45, 2.75) is 44.9 Å². The van der Waals surface area contributed by atoms with E-state index >= 15 is 0 Å². The number of alkyl carbamates (subject to hydrolysis) is 1. The summed E-state index contributed by atoms with van der Waals surface area (Å²) in [5.74, 6) is -0.932. The maximum atomic E-state index is 13.4. The third kappa shape index (κ3) is 6.45. The maximum absolute atomic E-state index is 13.4. The Morgan fingerprint density at radius 3 is 2.03 bits per heavy atom. The average Bonchev–Trinajstić information content (AvgIpc) is 3.58. The molecular weight excluding hydrogens is 484 g/mol. The summed E-state index contributed by atoms with van der Waals surface area (Å²) in [6, 6.07) is 25.4. The second-order valence-electron chi connectivity index (χ2n) is 10.2. The van der Waals surface area contributed by atoms with Crippen molar-refractivity contribution < 1.29 is 24.0 Å². The Labute approximate surface area is 221 Å².